The van der Waals surface area contributed by atoms with E-state index in [-0.39, 0.29) is 28.8 Å². The molecule has 0 aliphatic heterocycles. The first-order valence-electron chi connectivity index (χ1n) is 8.02. The summed E-state index contributed by atoms with van der Waals surface area (Å²) in [6.45, 7) is -0.906. The number of nitriles is 1. The molecule has 0 atom stereocenters. The van der Waals surface area contributed by atoms with E-state index in [9.17, 15) is 13.2 Å². The van der Waals surface area contributed by atoms with Gasteiger partial charge in [0.1, 0.15) is 12.6 Å². The zero-order valence-corrected chi connectivity index (χ0v) is 15.2. The zero-order valence-electron chi connectivity index (χ0n) is 14.4. The molecule has 0 saturated heterocycles. The maximum atomic E-state index is 12.2. The molecule has 0 spiro atoms. The number of hydrogen-bond donors (Lipinski definition) is 1. The Morgan fingerprint density at radius 1 is 1.11 bits per heavy atom. The highest BCUT2D eigenvalue weighted by molar-refractivity contribution is 7.89. The van der Waals surface area contributed by atoms with Crippen LogP contribution in [0.4, 0.5) is 0 Å². The van der Waals surface area contributed by atoms with Crippen LogP contribution in [0, 0.1) is 11.3 Å². The van der Waals surface area contributed by atoms with Gasteiger partial charge in [-0.3, -0.25) is 4.79 Å². The summed E-state index contributed by atoms with van der Waals surface area (Å²) in [7, 11) is -4.04. The highest BCUT2D eigenvalue weighted by Gasteiger charge is 2.20. The lowest BCUT2D eigenvalue weighted by Gasteiger charge is -2.07. The average Bonchev–Trinajstić information content (AvgIpc) is 3.20. The van der Waals surface area contributed by atoms with E-state index >= 15 is 0 Å². The summed E-state index contributed by atoms with van der Waals surface area (Å²) in [5.41, 5.74) is 0.694. The molecule has 9 nitrogen and oxygen atoms in total. The molecule has 0 fully saturated rings. The van der Waals surface area contributed by atoms with Crippen molar-refractivity contribution in [3.05, 3.63) is 66.1 Å². The minimum Gasteiger partial charge on any atom is -0.455 e. The largest absolute Gasteiger partial charge is 0.455 e. The fourth-order valence-corrected chi connectivity index (χ4v) is 3.35. The summed E-state index contributed by atoms with van der Waals surface area (Å²) >= 11 is 0. The van der Waals surface area contributed by atoms with Crippen molar-refractivity contribution in [3.63, 3.8) is 0 Å². The molecular formula is C18H14N4O5S. The first-order valence-corrected chi connectivity index (χ1v) is 9.50. The van der Waals surface area contributed by atoms with Crippen molar-refractivity contribution in [3.8, 4) is 17.5 Å². The van der Waals surface area contributed by atoms with Crippen molar-refractivity contribution in [1.82, 2.24) is 14.9 Å². The summed E-state index contributed by atoms with van der Waals surface area (Å²) in [4.78, 5) is 11.6. The number of carbonyl (C=O) groups is 1. The third-order valence-electron chi connectivity index (χ3n) is 3.55. The number of benzene rings is 2. The molecule has 0 radical (unpaired) electrons. The molecule has 3 aromatic rings. The molecule has 1 heterocycles. The van der Waals surface area contributed by atoms with Gasteiger partial charge in [0.2, 0.25) is 15.9 Å². The highest BCUT2D eigenvalue weighted by atomic mass is 32.2. The van der Waals surface area contributed by atoms with Gasteiger partial charge in [-0.05, 0) is 24.3 Å². The van der Waals surface area contributed by atoms with Crippen molar-refractivity contribution in [1.29, 1.82) is 5.26 Å². The Bertz CT molecular complexity index is 1120. The fraction of sp³-hybridized carbons (Fsp3) is 0.111. The lowest BCUT2D eigenvalue weighted by molar-refractivity contribution is -0.144. The Balaban J connectivity index is 1.55. The second-order valence-corrected chi connectivity index (χ2v) is 7.20. The number of ether oxygens (including phenoxy) is 1. The second kappa shape index (κ2) is 8.43. The summed E-state index contributed by atoms with van der Waals surface area (Å²) in [6.07, 6.45) is 0. The number of nitrogens with one attached hydrogen (secondary N) is 1. The fourth-order valence-electron chi connectivity index (χ4n) is 2.23. The number of nitrogens with zero attached hydrogens (tertiary/aromatic N) is 3. The smallest absolute Gasteiger partial charge is 0.321 e. The minimum atomic E-state index is -4.04. The number of aromatic nitrogens is 2. The number of carbonyl (C=O) groups excluding carboxylic acids is 1. The van der Waals surface area contributed by atoms with Crippen LogP contribution in [0.1, 0.15) is 11.5 Å². The molecular weight excluding hydrogens is 384 g/mol. The number of esters is 1. The maximum Gasteiger partial charge on any atom is 0.321 e. The molecule has 0 saturated carbocycles. The molecule has 3 rings (SSSR count). The van der Waals surface area contributed by atoms with Crippen molar-refractivity contribution in [2.75, 3.05) is 6.54 Å². The van der Waals surface area contributed by atoms with Gasteiger partial charge in [0, 0.05) is 5.56 Å². The minimum absolute atomic E-state index is 0.0253. The molecule has 1 N–H and O–H groups in total. The summed E-state index contributed by atoms with van der Waals surface area (Å²) in [5, 5.41) is 16.6. The molecule has 142 valence electrons. The Kier molecular flexibility index (Phi) is 5.78. The van der Waals surface area contributed by atoms with E-state index in [1.165, 1.54) is 18.2 Å². The Morgan fingerprint density at radius 2 is 1.82 bits per heavy atom. The van der Waals surface area contributed by atoms with Gasteiger partial charge in [-0.1, -0.05) is 30.3 Å². The van der Waals surface area contributed by atoms with Crippen LogP contribution in [0.25, 0.3) is 11.5 Å². The summed E-state index contributed by atoms with van der Waals surface area (Å²) in [6, 6.07) is 16.5. The SMILES string of the molecule is N#Cc1ccccc1S(=O)(=O)NCC(=O)OCc1nnc(-c2ccccc2)o1. The predicted octanol–water partition coefficient (Wildman–Crippen LogP) is 1.63. The van der Waals surface area contributed by atoms with Gasteiger partial charge >= 0.3 is 5.97 Å². The monoisotopic (exact) mass is 398 g/mol. The van der Waals surface area contributed by atoms with E-state index in [0.29, 0.717) is 0 Å². The molecule has 0 aliphatic carbocycles. The van der Waals surface area contributed by atoms with Crippen molar-refractivity contribution in [2.24, 2.45) is 0 Å². The molecule has 2 aromatic carbocycles. The molecule has 1 aromatic heterocycles. The molecule has 0 bridgehead atoms. The van der Waals surface area contributed by atoms with Crippen LogP contribution in [-0.4, -0.2) is 31.1 Å². The molecule has 10 heteroatoms. The second-order valence-electron chi connectivity index (χ2n) is 5.46. The van der Waals surface area contributed by atoms with Gasteiger partial charge in [-0.25, -0.2) is 8.42 Å². The van der Waals surface area contributed by atoms with Gasteiger partial charge in [0.25, 0.3) is 5.89 Å². The maximum absolute atomic E-state index is 12.2. The standard InChI is InChI=1S/C18H14N4O5S/c19-10-14-8-4-5-9-15(14)28(24,25)20-11-17(23)26-12-16-21-22-18(27-16)13-6-2-1-3-7-13/h1-9,20H,11-12H2. The topological polar surface area (TPSA) is 135 Å². The van der Waals surface area contributed by atoms with Gasteiger partial charge < -0.3 is 9.15 Å². The Labute approximate surface area is 160 Å². The molecule has 28 heavy (non-hydrogen) atoms. The van der Waals surface area contributed by atoms with E-state index in [0.717, 1.165) is 5.56 Å². The quantitative estimate of drug-likeness (QED) is 0.593. The van der Waals surface area contributed by atoms with E-state index in [4.69, 9.17) is 14.4 Å². The highest BCUT2D eigenvalue weighted by Crippen LogP contribution is 2.17. The van der Waals surface area contributed by atoms with Crippen molar-refractivity contribution < 1.29 is 22.4 Å². The van der Waals surface area contributed by atoms with Gasteiger partial charge in [0.15, 0.2) is 6.61 Å². The summed E-state index contributed by atoms with van der Waals surface area (Å²) in [5.74, 6) is -0.483. The number of hydrogen-bond acceptors (Lipinski definition) is 8. The van der Waals surface area contributed by atoms with Crippen LogP contribution in [0.5, 0.6) is 0 Å². The normalized spacial score (nSPS) is 11.0. The van der Waals surface area contributed by atoms with E-state index in [2.05, 4.69) is 14.9 Å². The van der Waals surface area contributed by atoms with Gasteiger partial charge in [-0.2, -0.15) is 9.98 Å². The first-order chi connectivity index (χ1) is 13.5. The van der Waals surface area contributed by atoms with E-state index in [1.807, 2.05) is 18.2 Å². The van der Waals surface area contributed by atoms with Gasteiger partial charge in [0.05, 0.1) is 10.5 Å². The molecule has 0 unspecified atom stereocenters. The summed E-state index contributed by atoms with van der Waals surface area (Å²) < 4.78 is 36.9. The lowest BCUT2D eigenvalue weighted by Crippen LogP contribution is -2.31. The van der Waals surface area contributed by atoms with Crippen LogP contribution < -0.4 is 4.72 Å². The zero-order chi connectivity index (χ0) is 20.0. The van der Waals surface area contributed by atoms with E-state index in [1.54, 1.807) is 24.3 Å². The third-order valence-corrected chi connectivity index (χ3v) is 5.01. The van der Waals surface area contributed by atoms with Crippen LogP contribution in [0.3, 0.4) is 0 Å². The average molecular weight is 398 g/mol. The predicted molar refractivity (Wildman–Crippen MR) is 95.9 cm³/mol. The number of sulfonamides is 1. The van der Waals surface area contributed by atoms with Crippen molar-refractivity contribution >= 4 is 16.0 Å². The molecule has 0 aliphatic rings. The van der Waals surface area contributed by atoms with Crippen molar-refractivity contribution in [2.45, 2.75) is 11.5 Å². The first kappa shape index (κ1) is 19.2. The van der Waals surface area contributed by atoms with E-state index < -0.39 is 22.5 Å². The van der Waals surface area contributed by atoms with Gasteiger partial charge in [-0.15, -0.1) is 10.2 Å². The third kappa shape index (κ3) is 4.59. The van der Waals surface area contributed by atoms with Crippen LogP contribution in [-0.2, 0) is 26.2 Å². The Hall–Kier alpha value is -3.55. The molecule has 0 amide bonds. The lowest BCUT2D eigenvalue weighted by atomic mass is 10.2. The van der Waals surface area contributed by atoms with Crippen LogP contribution >= 0.6 is 0 Å². The van der Waals surface area contributed by atoms with Crippen LogP contribution in [0.2, 0.25) is 0 Å². The number of rotatable bonds is 7. The Morgan fingerprint density at radius 3 is 2.57 bits per heavy atom. The van der Waals surface area contributed by atoms with Crippen LogP contribution in [0.15, 0.2) is 63.9 Å².